The Hall–Kier alpha value is -2.10. The molecule has 4 heteroatoms. The van der Waals surface area contributed by atoms with E-state index in [0.717, 1.165) is 10.9 Å². The highest BCUT2D eigenvalue weighted by molar-refractivity contribution is 6.30. The van der Waals surface area contributed by atoms with Gasteiger partial charge in [-0.1, -0.05) is 48.0 Å². The maximum atomic E-state index is 10.6. The maximum absolute atomic E-state index is 10.6. The average Bonchev–Trinajstić information content (AvgIpc) is 2.53. The molecule has 1 aromatic heterocycles. The highest BCUT2D eigenvalue weighted by atomic mass is 35.5. The Kier molecular flexibility index (Phi) is 3.78. The summed E-state index contributed by atoms with van der Waals surface area (Å²) < 4.78 is 5.29. The number of ether oxygens (including phenoxy) is 1. The van der Waals surface area contributed by atoms with Crippen LogP contribution in [0.3, 0.4) is 0 Å². The number of halogens is 1. The van der Waals surface area contributed by atoms with Crippen LogP contribution in [0.4, 0.5) is 0 Å². The molecule has 1 N–H and O–H groups in total. The molecule has 1 atom stereocenters. The molecule has 1 unspecified atom stereocenters. The number of para-hydroxylation sites is 2. The topological polar surface area (TPSA) is 42.4 Å². The van der Waals surface area contributed by atoms with Crippen molar-refractivity contribution < 1.29 is 9.84 Å². The first-order valence-electron chi connectivity index (χ1n) is 6.57. The van der Waals surface area contributed by atoms with Crippen molar-refractivity contribution in [1.29, 1.82) is 0 Å². The number of hydrogen-bond donors (Lipinski definition) is 1. The van der Waals surface area contributed by atoms with Gasteiger partial charge in [-0.2, -0.15) is 0 Å². The standard InChI is InChI=1S/C17H14ClNO2/c1-21-15-9-5-3-7-12(15)16(20)13-10-11-6-2-4-8-14(11)19-17(13)18/h2-10,16,20H,1H3. The zero-order chi connectivity index (χ0) is 14.8. The van der Waals surface area contributed by atoms with E-state index >= 15 is 0 Å². The van der Waals surface area contributed by atoms with E-state index in [-0.39, 0.29) is 0 Å². The fourth-order valence-electron chi connectivity index (χ4n) is 2.36. The number of aromatic nitrogens is 1. The molecule has 3 nitrogen and oxygen atoms in total. The molecule has 0 spiro atoms. The van der Waals surface area contributed by atoms with Crippen LogP contribution in [0.2, 0.25) is 5.15 Å². The summed E-state index contributed by atoms with van der Waals surface area (Å²) in [7, 11) is 1.58. The molecule has 0 aliphatic carbocycles. The van der Waals surface area contributed by atoms with Gasteiger partial charge in [0, 0.05) is 16.5 Å². The number of benzene rings is 2. The quantitative estimate of drug-likeness (QED) is 0.744. The van der Waals surface area contributed by atoms with Crippen molar-refractivity contribution in [3.05, 3.63) is 70.9 Å². The molecule has 0 bridgehead atoms. The minimum absolute atomic E-state index is 0.298. The fourth-order valence-corrected chi connectivity index (χ4v) is 2.61. The number of hydrogen-bond acceptors (Lipinski definition) is 3. The summed E-state index contributed by atoms with van der Waals surface area (Å²) in [6, 6.07) is 16.9. The third-order valence-electron chi connectivity index (χ3n) is 3.43. The van der Waals surface area contributed by atoms with Crippen LogP contribution in [0, 0.1) is 0 Å². The smallest absolute Gasteiger partial charge is 0.135 e. The Morgan fingerprint density at radius 2 is 1.76 bits per heavy atom. The zero-order valence-electron chi connectivity index (χ0n) is 11.5. The lowest BCUT2D eigenvalue weighted by atomic mass is 10.0. The molecular weight excluding hydrogens is 286 g/mol. The fraction of sp³-hybridized carbons (Fsp3) is 0.118. The zero-order valence-corrected chi connectivity index (χ0v) is 12.2. The van der Waals surface area contributed by atoms with Gasteiger partial charge in [0.15, 0.2) is 0 Å². The van der Waals surface area contributed by atoms with Gasteiger partial charge in [-0.05, 0) is 18.2 Å². The number of methoxy groups -OCH3 is 1. The molecule has 0 aliphatic rings. The van der Waals surface area contributed by atoms with E-state index in [1.54, 1.807) is 13.2 Å². The summed E-state index contributed by atoms with van der Waals surface area (Å²) >= 11 is 6.23. The van der Waals surface area contributed by atoms with Crippen LogP contribution >= 0.6 is 11.6 Å². The lowest BCUT2D eigenvalue weighted by Gasteiger charge is -2.16. The molecule has 0 saturated carbocycles. The van der Waals surface area contributed by atoms with Crippen molar-refractivity contribution in [3.63, 3.8) is 0 Å². The van der Waals surface area contributed by atoms with E-state index < -0.39 is 6.10 Å². The van der Waals surface area contributed by atoms with Crippen LogP contribution in [0.5, 0.6) is 5.75 Å². The number of aliphatic hydroxyl groups excluding tert-OH is 1. The number of nitrogens with zero attached hydrogens (tertiary/aromatic N) is 1. The highest BCUT2D eigenvalue weighted by Crippen LogP contribution is 2.34. The molecule has 0 fully saturated rings. The van der Waals surface area contributed by atoms with Gasteiger partial charge in [0.05, 0.1) is 12.6 Å². The minimum atomic E-state index is -0.884. The molecule has 3 rings (SSSR count). The number of fused-ring (bicyclic) bond motifs is 1. The SMILES string of the molecule is COc1ccccc1C(O)c1cc2ccccc2nc1Cl. The summed E-state index contributed by atoms with van der Waals surface area (Å²) in [5.41, 5.74) is 2.04. The second-order valence-corrected chi connectivity index (χ2v) is 5.06. The van der Waals surface area contributed by atoms with Crippen LogP contribution in [-0.4, -0.2) is 17.2 Å². The molecule has 1 heterocycles. The maximum Gasteiger partial charge on any atom is 0.135 e. The minimum Gasteiger partial charge on any atom is -0.496 e. The van der Waals surface area contributed by atoms with Crippen LogP contribution in [0.15, 0.2) is 54.6 Å². The summed E-state index contributed by atoms with van der Waals surface area (Å²) in [5.74, 6) is 0.620. The van der Waals surface area contributed by atoms with Gasteiger partial charge in [0.25, 0.3) is 0 Å². The normalized spacial score (nSPS) is 12.3. The molecule has 0 amide bonds. The molecular formula is C17H14ClNO2. The summed E-state index contributed by atoms with van der Waals surface area (Å²) in [6.45, 7) is 0. The third-order valence-corrected chi connectivity index (χ3v) is 3.74. The first-order valence-corrected chi connectivity index (χ1v) is 6.94. The van der Waals surface area contributed by atoms with E-state index in [9.17, 15) is 5.11 Å². The van der Waals surface area contributed by atoms with Crippen molar-refractivity contribution >= 4 is 22.5 Å². The van der Waals surface area contributed by atoms with E-state index in [1.807, 2.05) is 48.5 Å². The first kappa shape index (κ1) is 13.9. The third kappa shape index (κ3) is 2.58. The molecule has 0 aliphatic heterocycles. The van der Waals surface area contributed by atoms with Crippen molar-refractivity contribution in [3.8, 4) is 5.75 Å². The van der Waals surface area contributed by atoms with Gasteiger partial charge in [-0.3, -0.25) is 0 Å². The Morgan fingerprint density at radius 1 is 1.05 bits per heavy atom. The highest BCUT2D eigenvalue weighted by Gasteiger charge is 2.19. The van der Waals surface area contributed by atoms with Crippen LogP contribution in [0.25, 0.3) is 10.9 Å². The molecule has 2 aromatic carbocycles. The lowest BCUT2D eigenvalue weighted by molar-refractivity contribution is 0.214. The average molecular weight is 300 g/mol. The largest absolute Gasteiger partial charge is 0.496 e. The van der Waals surface area contributed by atoms with Gasteiger partial charge in [-0.25, -0.2) is 4.98 Å². The van der Waals surface area contributed by atoms with Gasteiger partial charge < -0.3 is 9.84 Å². The van der Waals surface area contributed by atoms with Crippen molar-refractivity contribution in [2.24, 2.45) is 0 Å². The number of pyridine rings is 1. The van der Waals surface area contributed by atoms with Crippen LogP contribution < -0.4 is 4.74 Å². The van der Waals surface area contributed by atoms with Gasteiger partial charge in [0.2, 0.25) is 0 Å². The van der Waals surface area contributed by atoms with Gasteiger partial charge in [-0.15, -0.1) is 0 Å². The second-order valence-electron chi connectivity index (χ2n) is 4.71. The number of rotatable bonds is 3. The van der Waals surface area contributed by atoms with E-state index in [4.69, 9.17) is 16.3 Å². The molecule has 0 saturated heterocycles. The molecule has 3 aromatic rings. The Labute approximate surface area is 127 Å². The van der Waals surface area contributed by atoms with Gasteiger partial charge in [0.1, 0.15) is 17.0 Å². The summed E-state index contributed by atoms with van der Waals surface area (Å²) in [4.78, 5) is 4.34. The molecule has 0 radical (unpaired) electrons. The van der Waals surface area contributed by atoms with Crippen molar-refractivity contribution in [1.82, 2.24) is 4.98 Å². The monoisotopic (exact) mass is 299 g/mol. The number of aliphatic hydroxyl groups is 1. The Morgan fingerprint density at radius 3 is 2.57 bits per heavy atom. The molecule has 21 heavy (non-hydrogen) atoms. The lowest BCUT2D eigenvalue weighted by Crippen LogP contribution is -2.04. The Bertz CT molecular complexity index is 789. The second kappa shape index (κ2) is 5.72. The van der Waals surface area contributed by atoms with Gasteiger partial charge >= 0.3 is 0 Å². The first-order chi connectivity index (χ1) is 10.2. The van der Waals surface area contributed by atoms with Crippen molar-refractivity contribution in [2.45, 2.75) is 6.10 Å². The van der Waals surface area contributed by atoms with E-state index in [2.05, 4.69) is 4.98 Å². The molecule has 106 valence electrons. The van der Waals surface area contributed by atoms with Crippen LogP contribution in [-0.2, 0) is 0 Å². The predicted molar refractivity (Wildman–Crippen MR) is 83.8 cm³/mol. The van der Waals surface area contributed by atoms with Crippen molar-refractivity contribution in [2.75, 3.05) is 7.11 Å². The summed E-state index contributed by atoms with van der Waals surface area (Å²) in [6.07, 6.45) is -0.884. The predicted octanol–water partition coefficient (Wildman–Crippen LogP) is 3.98. The van der Waals surface area contributed by atoms with E-state index in [0.29, 0.717) is 22.0 Å². The summed E-state index contributed by atoms with van der Waals surface area (Å²) in [5, 5.41) is 11.9. The van der Waals surface area contributed by atoms with Crippen LogP contribution in [0.1, 0.15) is 17.2 Å². The Balaban J connectivity index is 2.13. The van der Waals surface area contributed by atoms with E-state index in [1.165, 1.54) is 0 Å².